The molecule has 0 aromatic heterocycles. The SMILES string of the molecule is CCOc1ccc(C(=O)NC2CCN(C(=O)Nc3cccc(OC)c3)CC2)cc1. The second-order valence-electron chi connectivity index (χ2n) is 6.85. The molecule has 0 atom stereocenters. The van der Waals surface area contributed by atoms with Gasteiger partial charge in [-0.25, -0.2) is 4.79 Å². The van der Waals surface area contributed by atoms with Gasteiger partial charge in [-0.3, -0.25) is 4.79 Å². The van der Waals surface area contributed by atoms with Crippen molar-refractivity contribution in [2.24, 2.45) is 0 Å². The number of hydrogen-bond donors (Lipinski definition) is 2. The molecule has 1 heterocycles. The third kappa shape index (κ3) is 5.63. The second kappa shape index (κ2) is 9.82. The minimum atomic E-state index is -0.144. The van der Waals surface area contributed by atoms with Gasteiger partial charge < -0.3 is 25.0 Å². The fourth-order valence-corrected chi connectivity index (χ4v) is 3.27. The number of rotatable bonds is 6. The molecule has 154 valence electrons. The van der Waals surface area contributed by atoms with Crippen molar-refractivity contribution in [3.63, 3.8) is 0 Å². The molecule has 7 heteroatoms. The third-order valence-corrected chi connectivity index (χ3v) is 4.87. The minimum Gasteiger partial charge on any atom is -0.497 e. The van der Waals surface area contributed by atoms with Gasteiger partial charge in [0.2, 0.25) is 0 Å². The summed E-state index contributed by atoms with van der Waals surface area (Å²) in [6.07, 6.45) is 1.43. The van der Waals surface area contributed by atoms with E-state index >= 15 is 0 Å². The maximum atomic E-state index is 12.5. The molecule has 0 unspecified atom stereocenters. The van der Waals surface area contributed by atoms with Crippen molar-refractivity contribution in [3.05, 3.63) is 54.1 Å². The van der Waals surface area contributed by atoms with Crippen LogP contribution in [0.3, 0.4) is 0 Å². The number of nitrogens with zero attached hydrogens (tertiary/aromatic N) is 1. The molecular formula is C22H27N3O4. The lowest BCUT2D eigenvalue weighted by Gasteiger charge is -2.32. The zero-order valence-corrected chi connectivity index (χ0v) is 16.8. The van der Waals surface area contributed by atoms with Crippen molar-refractivity contribution in [1.29, 1.82) is 0 Å². The van der Waals surface area contributed by atoms with Crippen LogP contribution in [0.2, 0.25) is 0 Å². The number of carbonyl (C=O) groups excluding carboxylic acids is 2. The molecule has 3 amide bonds. The van der Waals surface area contributed by atoms with E-state index in [9.17, 15) is 9.59 Å². The van der Waals surface area contributed by atoms with Crippen LogP contribution in [0.4, 0.5) is 10.5 Å². The molecule has 1 aliphatic heterocycles. The highest BCUT2D eigenvalue weighted by molar-refractivity contribution is 5.94. The summed E-state index contributed by atoms with van der Waals surface area (Å²) in [5.74, 6) is 1.34. The summed E-state index contributed by atoms with van der Waals surface area (Å²) in [4.78, 5) is 26.7. The highest BCUT2D eigenvalue weighted by Gasteiger charge is 2.24. The Bertz CT molecular complexity index is 830. The average Bonchev–Trinajstić information content (AvgIpc) is 2.75. The molecule has 3 rings (SSSR count). The molecule has 2 N–H and O–H groups in total. The van der Waals surface area contributed by atoms with Gasteiger partial charge in [0, 0.05) is 36.4 Å². The van der Waals surface area contributed by atoms with Gasteiger partial charge in [0.15, 0.2) is 0 Å². The first-order valence-electron chi connectivity index (χ1n) is 9.82. The number of carbonyl (C=O) groups is 2. The van der Waals surface area contributed by atoms with Gasteiger partial charge in [-0.15, -0.1) is 0 Å². The number of amides is 3. The van der Waals surface area contributed by atoms with Gasteiger partial charge in [-0.05, 0) is 56.2 Å². The Balaban J connectivity index is 1.47. The molecule has 0 aliphatic carbocycles. The summed E-state index contributed by atoms with van der Waals surface area (Å²) >= 11 is 0. The fraction of sp³-hybridized carbons (Fsp3) is 0.364. The molecule has 2 aromatic rings. The van der Waals surface area contributed by atoms with E-state index in [2.05, 4.69) is 10.6 Å². The lowest BCUT2D eigenvalue weighted by molar-refractivity contribution is 0.0919. The minimum absolute atomic E-state index is 0.0509. The van der Waals surface area contributed by atoms with Crippen LogP contribution in [0.15, 0.2) is 48.5 Å². The molecule has 29 heavy (non-hydrogen) atoms. The van der Waals surface area contributed by atoms with E-state index in [1.165, 1.54) is 0 Å². The molecule has 0 bridgehead atoms. The summed E-state index contributed by atoms with van der Waals surface area (Å²) in [5, 5.41) is 5.95. The van der Waals surface area contributed by atoms with Gasteiger partial charge in [0.05, 0.1) is 13.7 Å². The highest BCUT2D eigenvalue weighted by atomic mass is 16.5. The molecule has 2 aromatic carbocycles. The van der Waals surface area contributed by atoms with Crippen LogP contribution in [0.25, 0.3) is 0 Å². The normalized spacial score (nSPS) is 14.2. The fourth-order valence-electron chi connectivity index (χ4n) is 3.27. The topological polar surface area (TPSA) is 79.9 Å². The van der Waals surface area contributed by atoms with Crippen LogP contribution in [-0.4, -0.2) is 49.7 Å². The zero-order chi connectivity index (χ0) is 20.6. The zero-order valence-electron chi connectivity index (χ0n) is 16.8. The average molecular weight is 397 g/mol. The predicted octanol–water partition coefficient (Wildman–Crippen LogP) is 3.52. The van der Waals surface area contributed by atoms with Crippen LogP contribution >= 0.6 is 0 Å². The van der Waals surface area contributed by atoms with Crippen molar-refractivity contribution in [2.45, 2.75) is 25.8 Å². The number of urea groups is 1. The lowest BCUT2D eigenvalue weighted by atomic mass is 10.0. The maximum absolute atomic E-state index is 12.5. The first-order chi connectivity index (χ1) is 14.1. The van der Waals surface area contributed by atoms with Gasteiger partial charge >= 0.3 is 6.03 Å². The second-order valence-corrected chi connectivity index (χ2v) is 6.85. The molecule has 0 spiro atoms. The summed E-state index contributed by atoms with van der Waals surface area (Å²) < 4.78 is 10.6. The number of likely N-dealkylation sites (tertiary alicyclic amines) is 1. The van der Waals surface area contributed by atoms with E-state index in [0.717, 1.165) is 5.75 Å². The number of ether oxygens (including phenoxy) is 2. The Morgan fingerprint density at radius 1 is 1.07 bits per heavy atom. The summed E-state index contributed by atoms with van der Waals surface area (Å²) in [7, 11) is 1.59. The Morgan fingerprint density at radius 3 is 2.45 bits per heavy atom. The molecule has 7 nitrogen and oxygen atoms in total. The number of anilines is 1. The third-order valence-electron chi connectivity index (χ3n) is 4.87. The van der Waals surface area contributed by atoms with Gasteiger partial charge in [-0.2, -0.15) is 0 Å². The van der Waals surface area contributed by atoms with E-state index < -0.39 is 0 Å². The van der Waals surface area contributed by atoms with Crippen molar-refractivity contribution >= 4 is 17.6 Å². The Morgan fingerprint density at radius 2 is 1.79 bits per heavy atom. The van der Waals surface area contributed by atoms with Crippen LogP contribution < -0.4 is 20.1 Å². The van der Waals surface area contributed by atoms with E-state index in [4.69, 9.17) is 9.47 Å². The molecule has 0 radical (unpaired) electrons. The molecule has 0 saturated carbocycles. The number of methoxy groups -OCH3 is 1. The monoisotopic (exact) mass is 397 g/mol. The first-order valence-corrected chi connectivity index (χ1v) is 9.82. The summed E-state index contributed by atoms with van der Waals surface area (Å²) in [6.45, 7) is 3.69. The maximum Gasteiger partial charge on any atom is 0.321 e. The number of hydrogen-bond acceptors (Lipinski definition) is 4. The predicted molar refractivity (Wildman–Crippen MR) is 112 cm³/mol. The van der Waals surface area contributed by atoms with E-state index in [1.807, 2.05) is 25.1 Å². The van der Waals surface area contributed by atoms with Crippen LogP contribution in [-0.2, 0) is 0 Å². The van der Waals surface area contributed by atoms with Crippen LogP contribution in [0.1, 0.15) is 30.1 Å². The van der Waals surface area contributed by atoms with E-state index in [1.54, 1.807) is 42.3 Å². The Hall–Kier alpha value is -3.22. The standard InChI is InChI=1S/C22H27N3O4/c1-3-29-19-9-7-16(8-10-19)21(26)23-17-11-13-25(14-12-17)22(27)24-18-5-4-6-20(15-18)28-2/h4-10,15,17H,3,11-14H2,1-2H3,(H,23,26)(H,24,27). The Labute approximate surface area is 171 Å². The van der Waals surface area contributed by atoms with Gasteiger partial charge in [-0.1, -0.05) is 6.07 Å². The lowest BCUT2D eigenvalue weighted by Crippen LogP contribution is -2.47. The van der Waals surface area contributed by atoms with E-state index in [0.29, 0.717) is 49.5 Å². The quantitative estimate of drug-likeness (QED) is 0.782. The number of piperidine rings is 1. The summed E-state index contributed by atoms with van der Waals surface area (Å²) in [5.41, 5.74) is 1.30. The van der Waals surface area contributed by atoms with Crippen LogP contribution in [0, 0.1) is 0 Å². The largest absolute Gasteiger partial charge is 0.497 e. The first kappa shape index (κ1) is 20.5. The van der Waals surface area contributed by atoms with Crippen molar-refractivity contribution in [2.75, 3.05) is 32.1 Å². The number of benzene rings is 2. The highest BCUT2D eigenvalue weighted by Crippen LogP contribution is 2.19. The summed E-state index contributed by atoms with van der Waals surface area (Å²) in [6, 6.07) is 14.3. The van der Waals surface area contributed by atoms with Gasteiger partial charge in [0.25, 0.3) is 5.91 Å². The smallest absolute Gasteiger partial charge is 0.321 e. The molecule has 1 fully saturated rings. The van der Waals surface area contributed by atoms with Gasteiger partial charge in [0.1, 0.15) is 11.5 Å². The van der Waals surface area contributed by atoms with Crippen molar-refractivity contribution in [1.82, 2.24) is 10.2 Å². The van der Waals surface area contributed by atoms with E-state index in [-0.39, 0.29) is 18.0 Å². The number of nitrogens with one attached hydrogen (secondary N) is 2. The molecule has 1 aliphatic rings. The molecular weight excluding hydrogens is 370 g/mol. The van der Waals surface area contributed by atoms with Crippen molar-refractivity contribution < 1.29 is 19.1 Å². The Kier molecular flexibility index (Phi) is 6.94. The van der Waals surface area contributed by atoms with Crippen LogP contribution in [0.5, 0.6) is 11.5 Å². The molecule has 1 saturated heterocycles. The van der Waals surface area contributed by atoms with Crippen molar-refractivity contribution in [3.8, 4) is 11.5 Å².